The van der Waals surface area contributed by atoms with Crippen molar-refractivity contribution >= 4 is 0 Å². The van der Waals surface area contributed by atoms with Gasteiger partial charge in [0.15, 0.2) is 0 Å². The standard InChI is InChI=1S/C13H15F3N2O2/c14-13(15,16)12-5-10(1-3-17-12)20-11-6-18(7-11)9-2-4-19-8-9/h1,3,5,9,11H,2,4,6-8H2. The lowest BCUT2D eigenvalue weighted by atomic mass is 10.1. The molecule has 0 aromatic carbocycles. The van der Waals surface area contributed by atoms with Gasteiger partial charge in [-0.15, -0.1) is 0 Å². The molecule has 0 saturated carbocycles. The molecule has 2 aliphatic heterocycles. The maximum atomic E-state index is 12.5. The molecule has 0 N–H and O–H groups in total. The average Bonchev–Trinajstić information content (AvgIpc) is 2.86. The third kappa shape index (κ3) is 2.88. The SMILES string of the molecule is FC(F)(F)c1cc(OC2CN(C3CCOC3)C2)ccn1. The summed E-state index contributed by atoms with van der Waals surface area (Å²) >= 11 is 0. The molecule has 110 valence electrons. The van der Waals surface area contributed by atoms with Gasteiger partial charge in [0.25, 0.3) is 0 Å². The van der Waals surface area contributed by atoms with Crippen LogP contribution >= 0.6 is 0 Å². The fourth-order valence-electron chi connectivity index (χ4n) is 2.48. The van der Waals surface area contributed by atoms with Gasteiger partial charge in [-0.3, -0.25) is 9.88 Å². The van der Waals surface area contributed by atoms with E-state index < -0.39 is 11.9 Å². The number of nitrogens with zero attached hydrogens (tertiary/aromatic N) is 2. The molecule has 3 rings (SSSR count). The van der Waals surface area contributed by atoms with Crippen molar-refractivity contribution in [1.29, 1.82) is 0 Å². The highest BCUT2D eigenvalue weighted by Crippen LogP contribution is 2.30. The first-order chi connectivity index (χ1) is 9.52. The number of halogens is 3. The molecule has 0 amide bonds. The van der Waals surface area contributed by atoms with Gasteiger partial charge in [-0.2, -0.15) is 13.2 Å². The number of ether oxygens (including phenoxy) is 2. The van der Waals surface area contributed by atoms with Gasteiger partial charge < -0.3 is 9.47 Å². The fourth-order valence-corrected chi connectivity index (χ4v) is 2.48. The van der Waals surface area contributed by atoms with Crippen molar-refractivity contribution < 1.29 is 22.6 Å². The second kappa shape index (κ2) is 5.21. The Hall–Kier alpha value is -1.34. The minimum absolute atomic E-state index is 0.0564. The van der Waals surface area contributed by atoms with E-state index in [0.717, 1.165) is 45.0 Å². The summed E-state index contributed by atoms with van der Waals surface area (Å²) in [7, 11) is 0. The van der Waals surface area contributed by atoms with Crippen molar-refractivity contribution in [3.05, 3.63) is 24.0 Å². The molecule has 1 aromatic heterocycles. The predicted octanol–water partition coefficient (Wildman–Crippen LogP) is 1.95. The first-order valence-electron chi connectivity index (χ1n) is 6.54. The van der Waals surface area contributed by atoms with Crippen molar-refractivity contribution in [3.63, 3.8) is 0 Å². The van der Waals surface area contributed by atoms with E-state index in [1.165, 1.54) is 6.07 Å². The van der Waals surface area contributed by atoms with Crippen LogP contribution in [0.3, 0.4) is 0 Å². The lowest BCUT2D eigenvalue weighted by Crippen LogP contribution is -2.57. The van der Waals surface area contributed by atoms with E-state index in [-0.39, 0.29) is 11.9 Å². The molecule has 3 heterocycles. The Bertz CT molecular complexity index is 469. The Morgan fingerprint density at radius 1 is 1.35 bits per heavy atom. The normalized spacial score (nSPS) is 24.6. The zero-order valence-electron chi connectivity index (χ0n) is 10.8. The molecule has 2 saturated heterocycles. The van der Waals surface area contributed by atoms with E-state index in [0.29, 0.717) is 6.04 Å². The lowest BCUT2D eigenvalue weighted by Gasteiger charge is -2.42. The number of hydrogen-bond donors (Lipinski definition) is 0. The maximum absolute atomic E-state index is 12.5. The molecule has 2 fully saturated rings. The van der Waals surface area contributed by atoms with Crippen LogP contribution in [-0.4, -0.2) is 48.3 Å². The first-order valence-corrected chi connectivity index (χ1v) is 6.54. The summed E-state index contributed by atoms with van der Waals surface area (Å²) in [5.74, 6) is 0.222. The van der Waals surface area contributed by atoms with Gasteiger partial charge in [0.05, 0.1) is 6.61 Å². The summed E-state index contributed by atoms with van der Waals surface area (Å²) in [5.41, 5.74) is -0.921. The third-order valence-corrected chi connectivity index (χ3v) is 3.62. The smallest absolute Gasteiger partial charge is 0.433 e. The molecule has 1 aromatic rings. The summed E-state index contributed by atoms with van der Waals surface area (Å²) in [6.07, 6.45) is -2.36. The van der Waals surface area contributed by atoms with E-state index >= 15 is 0 Å². The van der Waals surface area contributed by atoms with E-state index in [9.17, 15) is 13.2 Å². The van der Waals surface area contributed by atoms with Crippen molar-refractivity contribution in [2.75, 3.05) is 26.3 Å². The molecule has 1 unspecified atom stereocenters. The lowest BCUT2D eigenvalue weighted by molar-refractivity contribution is -0.141. The summed E-state index contributed by atoms with van der Waals surface area (Å²) in [6, 6.07) is 2.83. The zero-order valence-corrected chi connectivity index (χ0v) is 10.8. The Kier molecular flexibility index (Phi) is 3.55. The highest BCUT2D eigenvalue weighted by molar-refractivity contribution is 5.24. The number of pyridine rings is 1. The summed E-state index contributed by atoms with van der Waals surface area (Å²) < 4.78 is 48.4. The van der Waals surface area contributed by atoms with Crippen LogP contribution in [0.1, 0.15) is 12.1 Å². The second-order valence-corrected chi connectivity index (χ2v) is 5.09. The van der Waals surface area contributed by atoms with E-state index in [4.69, 9.17) is 9.47 Å². The van der Waals surface area contributed by atoms with Crippen molar-refractivity contribution in [1.82, 2.24) is 9.88 Å². The molecule has 1 atom stereocenters. The molecule has 0 bridgehead atoms. The van der Waals surface area contributed by atoms with E-state index in [1.54, 1.807) is 0 Å². The number of aromatic nitrogens is 1. The fraction of sp³-hybridized carbons (Fsp3) is 0.615. The highest BCUT2D eigenvalue weighted by Gasteiger charge is 2.36. The second-order valence-electron chi connectivity index (χ2n) is 5.09. The monoisotopic (exact) mass is 288 g/mol. The first kappa shape index (κ1) is 13.6. The largest absolute Gasteiger partial charge is 0.488 e. The van der Waals surface area contributed by atoms with Crippen LogP contribution in [0, 0.1) is 0 Å². The van der Waals surface area contributed by atoms with Gasteiger partial charge in [0, 0.05) is 38.0 Å². The molecular weight excluding hydrogens is 273 g/mol. The van der Waals surface area contributed by atoms with Crippen molar-refractivity contribution in [3.8, 4) is 5.75 Å². The van der Waals surface area contributed by atoms with E-state index in [2.05, 4.69) is 9.88 Å². The average molecular weight is 288 g/mol. The third-order valence-electron chi connectivity index (χ3n) is 3.62. The van der Waals surface area contributed by atoms with Crippen molar-refractivity contribution in [2.45, 2.75) is 24.7 Å². The van der Waals surface area contributed by atoms with Crippen LogP contribution in [0.25, 0.3) is 0 Å². The molecule has 4 nitrogen and oxygen atoms in total. The molecule has 2 aliphatic rings. The summed E-state index contributed by atoms with van der Waals surface area (Å²) in [4.78, 5) is 5.55. The van der Waals surface area contributed by atoms with Crippen LogP contribution in [0.2, 0.25) is 0 Å². The van der Waals surface area contributed by atoms with Crippen LogP contribution in [0.15, 0.2) is 18.3 Å². The van der Waals surface area contributed by atoms with Gasteiger partial charge in [-0.05, 0) is 12.5 Å². The molecule has 7 heteroatoms. The number of likely N-dealkylation sites (tertiary alicyclic amines) is 1. The Labute approximate surface area is 114 Å². The zero-order chi connectivity index (χ0) is 14.2. The van der Waals surface area contributed by atoms with Crippen LogP contribution < -0.4 is 4.74 Å². The van der Waals surface area contributed by atoms with Gasteiger partial charge in [-0.1, -0.05) is 0 Å². The number of hydrogen-bond acceptors (Lipinski definition) is 4. The Morgan fingerprint density at radius 3 is 2.80 bits per heavy atom. The maximum Gasteiger partial charge on any atom is 0.433 e. The van der Waals surface area contributed by atoms with Crippen LogP contribution in [0.4, 0.5) is 13.2 Å². The van der Waals surface area contributed by atoms with Gasteiger partial charge in [0.2, 0.25) is 0 Å². The summed E-state index contributed by atoms with van der Waals surface area (Å²) in [6.45, 7) is 2.99. The molecule has 0 radical (unpaired) electrons. The van der Waals surface area contributed by atoms with Crippen molar-refractivity contribution in [2.24, 2.45) is 0 Å². The molecule has 0 spiro atoms. The predicted molar refractivity (Wildman–Crippen MR) is 64.5 cm³/mol. The minimum Gasteiger partial charge on any atom is -0.488 e. The quantitative estimate of drug-likeness (QED) is 0.851. The van der Waals surface area contributed by atoms with Gasteiger partial charge in [-0.25, -0.2) is 0 Å². The summed E-state index contributed by atoms with van der Waals surface area (Å²) in [5, 5.41) is 0. The van der Waals surface area contributed by atoms with E-state index in [1.807, 2.05) is 0 Å². The van der Waals surface area contributed by atoms with Gasteiger partial charge >= 0.3 is 6.18 Å². The molecule has 20 heavy (non-hydrogen) atoms. The van der Waals surface area contributed by atoms with Gasteiger partial charge in [0.1, 0.15) is 17.5 Å². The van der Waals surface area contributed by atoms with Crippen LogP contribution in [-0.2, 0) is 10.9 Å². The topological polar surface area (TPSA) is 34.6 Å². The molecule has 0 aliphatic carbocycles. The highest BCUT2D eigenvalue weighted by atomic mass is 19.4. The number of alkyl halides is 3. The van der Waals surface area contributed by atoms with Crippen LogP contribution in [0.5, 0.6) is 5.75 Å². The minimum atomic E-state index is -4.44. The number of rotatable bonds is 3. The molecular formula is C13H15F3N2O2. The Balaban J connectivity index is 1.54. The Morgan fingerprint density at radius 2 is 2.15 bits per heavy atom.